The first-order valence-electron chi connectivity index (χ1n) is 11.5. The van der Waals surface area contributed by atoms with Crippen LogP contribution in [0.15, 0.2) is 42.6 Å². The largest absolute Gasteiger partial charge is 0.465 e. The predicted octanol–water partition coefficient (Wildman–Crippen LogP) is 3.00. The first-order valence-corrected chi connectivity index (χ1v) is 11.5. The number of hydrogen-bond donors (Lipinski definition) is 2. The molecule has 2 aliphatic heterocycles. The van der Waals surface area contributed by atoms with Crippen LogP contribution < -0.4 is 10.2 Å². The van der Waals surface area contributed by atoms with E-state index < -0.39 is 17.6 Å². The molecule has 2 aliphatic rings. The Labute approximate surface area is 198 Å². The number of ketones is 1. The van der Waals surface area contributed by atoms with Crippen LogP contribution >= 0.6 is 0 Å². The first kappa shape index (κ1) is 23.6. The van der Waals surface area contributed by atoms with E-state index in [1.165, 1.54) is 23.2 Å². The van der Waals surface area contributed by atoms with Crippen molar-refractivity contribution in [2.75, 3.05) is 37.6 Å². The number of carbonyl (C=O) groups is 2. The van der Waals surface area contributed by atoms with Crippen LogP contribution in [0.5, 0.6) is 0 Å². The van der Waals surface area contributed by atoms with E-state index in [1.807, 2.05) is 0 Å². The number of likely N-dealkylation sites (N-methyl/N-ethyl adjacent to an activating group) is 1. The highest BCUT2D eigenvalue weighted by Crippen LogP contribution is 2.41. The van der Waals surface area contributed by atoms with Crippen LogP contribution in [0.25, 0.3) is 0 Å². The van der Waals surface area contributed by atoms with Gasteiger partial charge in [-0.05, 0) is 49.6 Å². The van der Waals surface area contributed by atoms with Gasteiger partial charge in [0.05, 0.1) is 5.56 Å². The fourth-order valence-electron chi connectivity index (χ4n) is 5.41. The number of aromatic nitrogens is 1. The molecular weight excluding hydrogens is 437 g/mol. The van der Waals surface area contributed by atoms with E-state index in [9.17, 15) is 19.1 Å². The average Bonchev–Trinajstić information content (AvgIpc) is 3.30. The molecule has 2 aromatic rings. The summed E-state index contributed by atoms with van der Waals surface area (Å²) in [5.41, 5.74) is -0.0129. The lowest BCUT2D eigenvalue weighted by Crippen LogP contribution is -2.63. The topological polar surface area (TPSA) is 110 Å². The van der Waals surface area contributed by atoms with Crippen molar-refractivity contribution < 1.29 is 19.1 Å². The molecule has 9 heteroatoms. The van der Waals surface area contributed by atoms with Gasteiger partial charge >= 0.3 is 6.09 Å². The maximum absolute atomic E-state index is 14.1. The van der Waals surface area contributed by atoms with E-state index >= 15 is 0 Å². The van der Waals surface area contributed by atoms with E-state index in [4.69, 9.17) is 5.26 Å². The molecule has 3 heterocycles. The minimum Gasteiger partial charge on any atom is -0.465 e. The molecule has 1 aromatic heterocycles. The number of piperidine rings is 1. The molecule has 0 bridgehead atoms. The smallest absolute Gasteiger partial charge is 0.408 e. The van der Waals surface area contributed by atoms with Crippen LogP contribution in [0, 0.1) is 23.1 Å². The normalized spacial score (nSPS) is 22.9. The molecular formula is C25H28FN5O3. The molecule has 1 aromatic carbocycles. The van der Waals surface area contributed by atoms with E-state index in [0.717, 1.165) is 11.4 Å². The van der Waals surface area contributed by atoms with Crippen molar-refractivity contribution in [3.63, 3.8) is 0 Å². The SMILES string of the molecule is CCN(C(=O)O)[C@]1(C(=O)C2CCN(c3ccc(C#N)cn3)CC2)CNC[C@H]1c1ccc(F)cc1. The number of nitriles is 1. The van der Waals surface area contributed by atoms with Crippen molar-refractivity contribution in [1.82, 2.24) is 15.2 Å². The number of anilines is 1. The van der Waals surface area contributed by atoms with Crippen LogP contribution in [-0.4, -0.2) is 65.1 Å². The Hall–Kier alpha value is -3.51. The molecule has 2 fully saturated rings. The van der Waals surface area contributed by atoms with Crippen molar-refractivity contribution in [3.05, 3.63) is 59.5 Å². The van der Waals surface area contributed by atoms with Gasteiger partial charge in [0.25, 0.3) is 0 Å². The Morgan fingerprint density at radius 3 is 2.53 bits per heavy atom. The molecule has 4 rings (SSSR count). The van der Waals surface area contributed by atoms with Gasteiger partial charge in [0.15, 0.2) is 5.78 Å². The third kappa shape index (κ3) is 4.21. The second-order valence-electron chi connectivity index (χ2n) is 8.83. The highest BCUT2D eigenvalue weighted by atomic mass is 19.1. The Balaban J connectivity index is 1.60. The molecule has 0 aliphatic carbocycles. The van der Waals surface area contributed by atoms with Gasteiger partial charge in [-0.15, -0.1) is 0 Å². The average molecular weight is 466 g/mol. The van der Waals surface area contributed by atoms with Crippen LogP contribution in [0.1, 0.15) is 36.8 Å². The summed E-state index contributed by atoms with van der Waals surface area (Å²) >= 11 is 0. The van der Waals surface area contributed by atoms with E-state index in [2.05, 4.69) is 21.3 Å². The maximum Gasteiger partial charge on any atom is 0.408 e. The summed E-state index contributed by atoms with van der Waals surface area (Å²) in [6.07, 6.45) is 1.56. The predicted molar refractivity (Wildman–Crippen MR) is 124 cm³/mol. The molecule has 2 atom stereocenters. The number of benzene rings is 1. The lowest BCUT2D eigenvalue weighted by molar-refractivity contribution is -0.135. The molecule has 2 saturated heterocycles. The number of carboxylic acid groups (broad SMARTS) is 1. The van der Waals surface area contributed by atoms with Crippen molar-refractivity contribution >= 4 is 17.7 Å². The minimum atomic E-state index is -1.25. The number of pyridine rings is 1. The summed E-state index contributed by atoms with van der Waals surface area (Å²) in [4.78, 5) is 34.1. The van der Waals surface area contributed by atoms with Gasteiger partial charge in [-0.2, -0.15) is 5.26 Å². The Morgan fingerprint density at radius 1 is 1.26 bits per heavy atom. The summed E-state index contributed by atoms with van der Waals surface area (Å²) in [6, 6.07) is 11.6. The summed E-state index contributed by atoms with van der Waals surface area (Å²) in [5, 5.41) is 22.3. The lowest BCUT2D eigenvalue weighted by Gasteiger charge is -2.45. The highest BCUT2D eigenvalue weighted by Gasteiger charge is 2.56. The van der Waals surface area contributed by atoms with Crippen LogP contribution in [0.3, 0.4) is 0 Å². The van der Waals surface area contributed by atoms with Crippen molar-refractivity contribution in [2.45, 2.75) is 31.2 Å². The van der Waals surface area contributed by atoms with Gasteiger partial charge in [-0.3, -0.25) is 9.69 Å². The van der Waals surface area contributed by atoms with Gasteiger partial charge in [0.1, 0.15) is 23.2 Å². The standard InChI is InChI=1S/C25H28FN5O3/c1-2-31(24(33)34)25(16-28-15-21(25)18-4-6-20(26)7-5-18)23(32)19-9-11-30(12-10-19)22-8-3-17(13-27)14-29-22/h3-8,14,19,21,28H,2,9-12,15-16H2,1H3,(H,33,34)/t21-,25+/m0/s1. The molecule has 34 heavy (non-hydrogen) atoms. The molecule has 8 nitrogen and oxygen atoms in total. The number of rotatable bonds is 6. The number of amides is 1. The number of nitrogens with one attached hydrogen (secondary N) is 1. The van der Waals surface area contributed by atoms with Crippen LogP contribution in [-0.2, 0) is 4.79 Å². The van der Waals surface area contributed by atoms with Gasteiger partial charge < -0.3 is 15.3 Å². The Kier molecular flexibility index (Phi) is 6.80. The highest BCUT2D eigenvalue weighted by molar-refractivity contribution is 5.95. The van der Waals surface area contributed by atoms with Gasteiger partial charge in [-0.1, -0.05) is 12.1 Å². The maximum atomic E-state index is 14.1. The van der Waals surface area contributed by atoms with Crippen molar-refractivity contribution in [2.24, 2.45) is 5.92 Å². The molecule has 2 N–H and O–H groups in total. The summed E-state index contributed by atoms with van der Waals surface area (Å²) in [5.74, 6) is -0.405. The van der Waals surface area contributed by atoms with Gasteiger partial charge in [0, 0.05) is 50.8 Å². The number of halogens is 1. The molecule has 0 saturated carbocycles. The lowest BCUT2D eigenvalue weighted by atomic mass is 9.71. The van der Waals surface area contributed by atoms with E-state index in [0.29, 0.717) is 38.0 Å². The summed E-state index contributed by atoms with van der Waals surface area (Å²) < 4.78 is 13.6. The molecule has 0 spiro atoms. The number of nitrogens with zero attached hydrogens (tertiary/aromatic N) is 4. The van der Waals surface area contributed by atoms with Crippen LogP contribution in [0.4, 0.5) is 15.0 Å². The Bertz CT molecular complexity index is 1080. The summed E-state index contributed by atoms with van der Waals surface area (Å²) in [6.45, 7) is 3.80. The van der Waals surface area contributed by atoms with Gasteiger partial charge in [0.2, 0.25) is 0 Å². The summed E-state index contributed by atoms with van der Waals surface area (Å²) in [7, 11) is 0. The fourth-order valence-corrected chi connectivity index (χ4v) is 5.41. The molecule has 1 amide bonds. The molecule has 0 unspecified atom stereocenters. The minimum absolute atomic E-state index is 0.0801. The second kappa shape index (κ2) is 9.77. The third-order valence-corrected chi connectivity index (χ3v) is 7.11. The second-order valence-corrected chi connectivity index (χ2v) is 8.83. The van der Waals surface area contributed by atoms with Gasteiger partial charge in [-0.25, -0.2) is 14.2 Å². The van der Waals surface area contributed by atoms with Crippen LogP contribution in [0.2, 0.25) is 0 Å². The third-order valence-electron chi connectivity index (χ3n) is 7.11. The van der Waals surface area contributed by atoms with Crippen molar-refractivity contribution in [3.8, 4) is 6.07 Å². The first-order chi connectivity index (χ1) is 16.4. The Morgan fingerprint density at radius 2 is 1.97 bits per heavy atom. The fraction of sp³-hybridized carbons (Fsp3) is 0.440. The molecule has 178 valence electrons. The zero-order chi connectivity index (χ0) is 24.3. The van der Waals surface area contributed by atoms with E-state index in [-0.39, 0.29) is 30.6 Å². The van der Waals surface area contributed by atoms with Crippen molar-refractivity contribution in [1.29, 1.82) is 5.26 Å². The monoisotopic (exact) mass is 465 g/mol. The zero-order valence-corrected chi connectivity index (χ0v) is 19.1. The van der Waals surface area contributed by atoms with E-state index in [1.54, 1.807) is 31.2 Å². The zero-order valence-electron chi connectivity index (χ0n) is 19.1. The number of carbonyl (C=O) groups excluding carboxylic acids is 1. The molecule has 0 radical (unpaired) electrons. The number of hydrogen-bond acceptors (Lipinski definition) is 6. The quantitative estimate of drug-likeness (QED) is 0.675. The number of Topliss-reactive ketones (excluding diaryl/α,β-unsaturated/α-hetero) is 1.